The quantitative estimate of drug-likeness (QED) is 0.105. The van der Waals surface area contributed by atoms with E-state index in [4.69, 9.17) is 18.6 Å². The van der Waals surface area contributed by atoms with Crippen LogP contribution in [0.2, 0.25) is 0 Å². The minimum Gasteiger partial charge on any atom is -0.548 e. The van der Waals surface area contributed by atoms with E-state index in [2.05, 4.69) is 73.8 Å². The maximum atomic E-state index is 11.1. The van der Waals surface area contributed by atoms with Crippen LogP contribution in [0.25, 0.3) is 43.6 Å². The molecular formula is C33H33ClMnN5O11+. The molecule has 0 aliphatic heterocycles. The van der Waals surface area contributed by atoms with Crippen LogP contribution in [0, 0.1) is 10.2 Å². The summed E-state index contributed by atoms with van der Waals surface area (Å²) in [5.41, 5.74) is 4.34. The van der Waals surface area contributed by atoms with Gasteiger partial charge in [-0.25, -0.2) is 18.6 Å². The van der Waals surface area contributed by atoms with Gasteiger partial charge in [0.1, 0.15) is 0 Å². The monoisotopic (exact) mass is 765 g/mol. The number of carbonyl (C=O) groups is 2. The molecule has 0 aliphatic rings. The molecule has 0 saturated carbocycles. The van der Waals surface area contributed by atoms with E-state index in [9.17, 15) is 14.7 Å². The summed E-state index contributed by atoms with van der Waals surface area (Å²) in [6.07, 6.45) is 7.21. The SMILES string of the molecule is O.O.O.O=C([O-])CNC(=O)c1ccccc1.[Mn+2].[O-][Cl+3]([O-])([O-])[O-].[OH3+].c1cnc2c(c1)ccc1cccnc12.c1cnc2c(c1)ccc1cccnc12. The van der Waals surface area contributed by atoms with Crippen LogP contribution in [0.3, 0.4) is 0 Å². The molecule has 3 aromatic carbocycles. The molecule has 1 radical (unpaired) electrons. The molecule has 10 N–H and O–H groups in total. The van der Waals surface area contributed by atoms with Gasteiger partial charge in [0.2, 0.25) is 0 Å². The molecule has 7 aromatic rings. The predicted octanol–water partition coefficient (Wildman–Crippen LogP) is -3.42. The first-order valence-corrected chi connectivity index (χ1v) is 14.7. The predicted molar refractivity (Wildman–Crippen MR) is 174 cm³/mol. The Bertz CT molecular complexity index is 1870. The minimum absolute atomic E-state index is 0. The number of carboxylic acids is 1. The average Bonchev–Trinajstić information content (AvgIpc) is 3.07. The fourth-order valence-electron chi connectivity index (χ4n) is 4.20. The van der Waals surface area contributed by atoms with Gasteiger partial charge in [-0.05, 0) is 36.4 Å². The summed E-state index contributed by atoms with van der Waals surface area (Å²) in [6.45, 7) is -0.465. The zero-order valence-electron chi connectivity index (χ0n) is 26.3. The molecule has 4 aromatic heterocycles. The number of benzene rings is 3. The summed E-state index contributed by atoms with van der Waals surface area (Å²) in [5.74, 6) is -1.71. The number of aliphatic carboxylic acids is 1. The van der Waals surface area contributed by atoms with E-state index in [1.807, 2.05) is 24.3 Å². The number of hydrogen-bond acceptors (Lipinski definition) is 11. The van der Waals surface area contributed by atoms with Gasteiger partial charge in [0.15, 0.2) is 0 Å². The topological polar surface area (TPSA) is 341 Å². The number of carbonyl (C=O) groups excluding carboxylic acids is 2. The van der Waals surface area contributed by atoms with Crippen LogP contribution in [0.5, 0.6) is 0 Å². The standard InChI is InChI=1S/2C12H8N2.C9H9NO3.ClHO4.Mn.4H2O/c2*1-3-9-5-6-10-4-2-8-14-12(10)11(9)13-7-1;11-8(12)6-10-9(13)7-4-2-1-3-5-7;2-1(3,4)5;;;;;/h2*1-8H;1-5H,6H2,(H,10,13)(H,11,12);(H,2,3,4,5);;4*1H2/q;;;;+2;;;;/p-1. The van der Waals surface area contributed by atoms with Gasteiger partial charge < -0.3 is 37.1 Å². The number of amides is 1. The Kier molecular flexibility index (Phi) is 21.8. The number of nitrogens with zero attached hydrogens (tertiary/aromatic N) is 4. The first kappa shape index (κ1) is 47.8. The largest absolute Gasteiger partial charge is 2.00 e. The summed E-state index contributed by atoms with van der Waals surface area (Å²) < 4.78 is 34.0. The molecule has 18 heteroatoms. The number of nitrogens with one attached hydrogen (secondary N) is 1. The molecule has 7 rings (SSSR count). The van der Waals surface area contributed by atoms with E-state index < -0.39 is 28.7 Å². The van der Waals surface area contributed by atoms with Crippen LogP contribution in [-0.4, -0.2) is 54.8 Å². The Morgan fingerprint density at radius 3 is 1.10 bits per heavy atom. The smallest absolute Gasteiger partial charge is 0.548 e. The van der Waals surface area contributed by atoms with Crippen molar-refractivity contribution in [2.45, 2.75) is 0 Å². The molecule has 0 spiro atoms. The number of fused-ring (bicyclic) bond motifs is 6. The van der Waals surface area contributed by atoms with Gasteiger partial charge >= 0.3 is 17.1 Å². The molecule has 0 bridgehead atoms. The first-order chi connectivity index (χ1) is 22.1. The van der Waals surface area contributed by atoms with Crippen LogP contribution >= 0.6 is 0 Å². The second-order valence-electron chi connectivity index (χ2n) is 9.23. The zero-order valence-corrected chi connectivity index (χ0v) is 28.2. The van der Waals surface area contributed by atoms with Crippen molar-refractivity contribution in [1.82, 2.24) is 25.3 Å². The van der Waals surface area contributed by atoms with Crippen LogP contribution in [0.1, 0.15) is 10.4 Å². The molecule has 0 saturated heterocycles. The fourth-order valence-corrected chi connectivity index (χ4v) is 4.20. The molecule has 1 amide bonds. The van der Waals surface area contributed by atoms with E-state index in [-0.39, 0.29) is 39.0 Å². The Morgan fingerprint density at radius 1 is 0.529 bits per heavy atom. The van der Waals surface area contributed by atoms with Crippen LogP contribution in [-0.2, 0) is 27.3 Å². The second-order valence-corrected chi connectivity index (χ2v) is 9.99. The molecule has 0 unspecified atom stereocenters. The third kappa shape index (κ3) is 15.0. The number of rotatable bonds is 3. The van der Waals surface area contributed by atoms with Crippen LogP contribution in [0.15, 0.2) is 128 Å². The van der Waals surface area contributed by atoms with E-state index in [0.29, 0.717) is 5.56 Å². The van der Waals surface area contributed by atoms with Crippen molar-refractivity contribution in [3.05, 3.63) is 133 Å². The Labute approximate surface area is 302 Å². The summed E-state index contributed by atoms with van der Waals surface area (Å²) in [5, 5.41) is 16.8. The molecule has 51 heavy (non-hydrogen) atoms. The van der Waals surface area contributed by atoms with Crippen molar-refractivity contribution in [3.63, 3.8) is 0 Å². The van der Waals surface area contributed by atoms with Gasteiger partial charge in [-0.2, -0.15) is 0 Å². The van der Waals surface area contributed by atoms with Gasteiger partial charge in [0, 0.05) is 51.9 Å². The Hall–Kier alpha value is -5.27. The van der Waals surface area contributed by atoms with Gasteiger partial charge in [0.05, 0.1) is 34.6 Å². The van der Waals surface area contributed by atoms with Crippen molar-refractivity contribution >= 4 is 55.5 Å². The average molecular weight is 766 g/mol. The van der Waals surface area contributed by atoms with E-state index in [0.717, 1.165) is 43.6 Å². The number of halogens is 1. The normalized spacial score (nSPS) is 9.49. The molecule has 16 nitrogen and oxygen atoms in total. The van der Waals surface area contributed by atoms with Crippen molar-refractivity contribution in [2.75, 3.05) is 6.54 Å². The zero-order chi connectivity index (χ0) is 32.9. The molecule has 0 fully saturated rings. The summed E-state index contributed by atoms with van der Waals surface area (Å²) in [4.78, 5) is 38.5. The third-order valence-electron chi connectivity index (χ3n) is 6.12. The van der Waals surface area contributed by atoms with Gasteiger partial charge in [0.25, 0.3) is 5.91 Å². The van der Waals surface area contributed by atoms with Crippen molar-refractivity contribution in [2.24, 2.45) is 0 Å². The van der Waals surface area contributed by atoms with Gasteiger partial charge in [-0.1, -0.05) is 66.7 Å². The molecular weight excluding hydrogens is 733 g/mol. The molecule has 269 valence electrons. The van der Waals surface area contributed by atoms with Gasteiger partial charge in [-0.15, -0.1) is 10.2 Å². The number of aromatic nitrogens is 4. The maximum absolute atomic E-state index is 11.1. The molecule has 0 aliphatic carbocycles. The van der Waals surface area contributed by atoms with E-state index in [1.165, 1.54) is 0 Å². The summed E-state index contributed by atoms with van der Waals surface area (Å²) >= 11 is 0. The van der Waals surface area contributed by atoms with E-state index >= 15 is 0 Å². The van der Waals surface area contributed by atoms with Crippen LogP contribution < -0.4 is 29.1 Å². The summed E-state index contributed by atoms with van der Waals surface area (Å²) in [6, 6.07) is 32.7. The molecule has 0 atom stereocenters. The van der Waals surface area contributed by atoms with Crippen molar-refractivity contribution in [3.8, 4) is 0 Å². The summed E-state index contributed by atoms with van der Waals surface area (Å²) in [7, 11) is -4.94. The number of carboxylic acid groups (broad SMARTS) is 1. The van der Waals surface area contributed by atoms with Crippen molar-refractivity contribution in [1.29, 1.82) is 0 Å². The maximum Gasteiger partial charge on any atom is 2.00 e. The van der Waals surface area contributed by atoms with Crippen LogP contribution in [0.4, 0.5) is 0 Å². The fraction of sp³-hybridized carbons (Fsp3) is 0.0303. The minimum atomic E-state index is -4.94. The molecule has 4 heterocycles. The first-order valence-electron chi connectivity index (χ1n) is 13.4. The Morgan fingerprint density at radius 2 is 0.824 bits per heavy atom. The number of hydrogen-bond donors (Lipinski definition) is 1. The third-order valence-corrected chi connectivity index (χ3v) is 6.12. The van der Waals surface area contributed by atoms with Gasteiger partial charge in [-0.3, -0.25) is 24.7 Å². The van der Waals surface area contributed by atoms with E-state index in [1.54, 1.807) is 55.1 Å². The van der Waals surface area contributed by atoms with Crippen molar-refractivity contribution < 1.29 is 82.5 Å². The Balaban J connectivity index is 0. The number of pyridine rings is 4. The second kappa shape index (κ2) is 23.2.